The molecule has 0 saturated carbocycles. The maximum atomic E-state index is 14.3. The van der Waals surface area contributed by atoms with E-state index in [-0.39, 0.29) is 5.69 Å². The highest BCUT2D eigenvalue weighted by molar-refractivity contribution is 5.76. The van der Waals surface area contributed by atoms with Gasteiger partial charge in [0.05, 0.1) is 18.4 Å². The Labute approximate surface area is 190 Å². The van der Waals surface area contributed by atoms with E-state index < -0.39 is 11.9 Å². The predicted octanol–water partition coefficient (Wildman–Crippen LogP) is 3.98. The molecular weight excluding hydrogens is 421 g/mol. The summed E-state index contributed by atoms with van der Waals surface area (Å²) in [5.74, 6) is -0.00148. The highest BCUT2D eigenvalue weighted by Crippen LogP contribution is 2.35. The van der Waals surface area contributed by atoms with Crippen LogP contribution in [0.15, 0.2) is 43.0 Å². The second-order valence-corrected chi connectivity index (χ2v) is 8.26. The summed E-state index contributed by atoms with van der Waals surface area (Å²) >= 11 is 0. The summed E-state index contributed by atoms with van der Waals surface area (Å²) in [6, 6.07) is 7.28. The molecule has 4 aromatic rings. The SMILES string of the molecule is Cc1c(-c2cc(O[C@H](C)c3ncccc3F)c3c(C#N)cnn3c2)cnn1C1CCNCC1. The van der Waals surface area contributed by atoms with E-state index >= 15 is 0 Å². The van der Waals surface area contributed by atoms with Gasteiger partial charge in [0.15, 0.2) is 0 Å². The summed E-state index contributed by atoms with van der Waals surface area (Å²) in [5.41, 5.74) is 4.00. The third-order valence-corrected chi connectivity index (χ3v) is 6.18. The molecule has 5 heterocycles. The van der Waals surface area contributed by atoms with Crippen molar-refractivity contribution in [2.24, 2.45) is 0 Å². The van der Waals surface area contributed by atoms with Gasteiger partial charge in [0.1, 0.15) is 40.5 Å². The zero-order valence-corrected chi connectivity index (χ0v) is 18.5. The third kappa shape index (κ3) is 3.83. The highest BCUT2D eigenvalue weighted by atomic mass is 19.1. The Balaban J connectivity index is 1.57. The Morgan fingerprint density at radius 1 is 1.27 bits per heavy atom. The average molecular weight is 446 g/mol. The van der Waals surface area contributed by atoms with E-state index in [0.29, 0.717) is 22.9 Å². The molecule has 1 aliphatic heterocycles. The molecule has 33 heavy (non-hydrogen) atoms. The van der Waals surface area contributed by atoms with E-state index in [2.05, 4.69) is 38.2 Å². The summed E-state index contributed by atoms with van der Waals surface area (Å²) in [7, 11) is 0. The fourth-order valence-corrected chi connectivity index (χ4v) is 4.47. The number of halogens is 1. The minimum Gasteiger partial charge on any atom is -0.482 e. The summed E-state index contributed by atoms with van der Waals surface area (Å²) in [6.07, 6.45) is 8.17. The lowest BCUT2D eigenvalue weighted by molar-refractivity contribution is 0.218. The molecule has 1 atom stereocenters. The maximum absolute atomic E-state index is 14.3. The molecule has 1 fully saturated rings. The van der Waals surface area contributed by atoms with Gasteiger partial charge in [-0.1, -0.05) is 0 Å². The normalized spacial score (nSPS) is 15.5. The van der Waals surface area contributed by atoms with Crippen LogP contribution in [0.1, 0.15) is 48.9 Å². The number of piperidine rings is 1. The van der Waals surface area contributed by atoms with Gasteiger partial charge < -0.3 is 10.1 Å². The average Bonchev–Trinajstić information content (AvgIpc) is 3.43. The number of pyridine rings is 2. The summed E-state index contributed by atoms with van der Waals surface area (Å²) in [4.78, 5) is 4.13. The predicted molar refractivity (Wildman–Crippen MR) is 120 cm³/mol. The number of nitrogens with zero attached hydrogens (tertiary/aromatic N) is 6. The number of hydrogen-bond donors (Lipinski definition) is 1. The van der Waals surface area contributed by atoms with E-state index in [9.17, 15) is 9.65 Å². The fraction of sp³-hybridized carbons (Fsp3) is 0.333. The van der Waals surface area contributed by atoms with Gasteiger partial charge in [0.25, 0.3) is 0 Å². The first-order chi connectivity index (χ1) is 16.1. The van der Waals surface area contributed by atoms with Crippen LogP contribution in [-0.2, 0) is 0 Å². The number of aromatic nitrogens is 5. The first-order valence-corrected chi connectivity index (χ1v) is 11.0. The molecule has 0 radical (unpaired) electrons. The van der Waals surface area contributed by atoms with Gasteiger partial charge in [0.2, 0.25) is 0 Å². The fourth-order valence-electron chi connectivity index (χ4n) is 4.47. The van der Waals surface area contributed by atoms with E-state index in [1.807, 2.05) is 18.5 Å². The number of nitrogens with one attached hydrogen (secondary N) is 1. The zero-order valence-electron chi connectivity index (χ0n) is 18.5. The maximum Gasteiger partial charge on any atom is 0.148 e. The number of rotatable bonds is 5. The molecule has 0 amide bonds. The Morgan fingerprint density at radius 2 is 2.09 bits per heavy atom. The molecule has 0 aromatic carbocycles. The molecule has 1 N–H and O–H groups in total. The molecule has 9 heteroatoms. The van der Waals surface area contributed by atoms with Gasteiger partial charge in [-0.15, -0.1) is 0 Å². The van der Waals surface area contributed by atoms with Crippen molar-refractivity contribution in [3.05, 3.63) is 65.8 Å². The molecule has 0 aliphatic carbocycles. The number of hydrogen-bond acceptors (Lipinski definition) is 6. The van der Waals surface area contributed by atoms with Gasteiger partial charge in [-0.2, -0.15) is 15.5 Å². The van der Waals surface area contributed by atoms with Crippen LogP contribution in [0.2, 0.25) is 0 Å². The lowest BCUT2D eigenvalue weighted by atomic mass is 10.0. The van der Waals surface area contributed by atoms with Crippen LogP contribution < -0.4 is 10.1 Å². The number of fused-ring (bicyclic) bond motifs is 1. The van der Waals surface area contributed by atoms with Gasteiger partial charge in [-0.25, -0.2) is 8.91 Å². The second kappa shape index (κ2) is 8.64. The molecule has 0 unspecified atom stereocenters. The van der Waals surface area contributed by atoms with Gasteiger partial charge >= 0.3 is 0 Å². The molecule has 1 saturated heterocycles. The highest BCUT2D eigenvalue weighted by Gasteiger charge is 2.22. The van der Waals surface area contributed by atoms with Crippen molar-refractivity contribution in [3.63, 3.8) is 0 Å². The topological polar surface area (TPSA) is 93.1 Å². The Kier molecular flexibility index (Phi) is 5.52. The molecule has 1 aliphatic rings. The molecule has 5 rings (SSSR count). The van der Waals surface area contributed by atoms with E-state index in [1.165, 1.54) is 24.5 Å². The van der Waals surface area contributed by atoms with Crippen LogP contribution in [0.3, 0.4) is 0 Å². The minimum absolute atomic E-state index is 0.203. The first-order valence-electron chi connectivity index (χ1n) is 11.0. The molecular formula is C24H24FN7O. The molecule has 168 valence electrons. The van der Waals surface area contributed by atoms with Crippen molar-refractivity contribution in [1.29, 1.82) is 5.26 Å². The largest absolute Gasteiger partial charge is 0.482 e. The lowest BCUT2D eigenvalue weighted by Gasteiger charge is -2.24. The summed E-state index contributed by atoms with van der Waals surface area (Å²) in [6.45, 7) is 5.76. The number of ether oxygens (including phenoxy) is 1. The van der Waals surface area contributed by atoms with Crippen molar-refractivity contribution in [1.82, 2.24) is 29.7 Å². The van der Waals surface area contributed by atoms with Crippen LogP contribution in [0.4, 0.5) is 4.39 Å². The number of nitriles is 1. The summed E-state index contributed by atoms with van der Waals surface area (Å²) < 4.78 is 24.2. The zero-order chi connectivity index (χ0) is 22.9. The molecule has 0 bridgehead atoms. The van der Waals surface area contributed by atoms with Gasteiger partial charge in [-0.05, 0) is 58.0 Å². The van der Waals surface area contributed by atoms with Crippen LogP contribution >= 0.6 is 0 Å². The van der Waals surface area contributed by atoms with Gasteiger partial charge in [-0.3, -0.25) is 9.67 Å². The van der Waals surface area contributed by atoms with E-state index in [4.69, 9.17) is 4.74 Å². The van der Waals surface area contributed by atoms with Gasteiger partial charge in [0, 0.05) is 29.2 Å². The third-order valence-electron chi connectivity index (χ3n) is 6.18. The minimum atomic E-state index is -0.662. The van der Waals surface area contributed by atoms with Crippen LogP contribution in [-0.4, -0.2) is 37.5 Å². The van der Waals surface area contributed by atoms with Crippen LogP contribution in [0, 0.1) is 24.1 Å². The van der Waals surface area contributed by atoms with Crippen molar-refractivity contribution in [3.8, 4) is 22.9 Å². The van der Waals surface area contributed by atoms with Crippen LogP contribution in [0.5, 0.6) is 5.75 Å². The molecule has 0 spiro atoms. The Morgan fingerprint density at radius 3 is 2.85 bits per heavy atom. The van der Waals surface area contributed by atoms with Crippen molar-refractivity contribution in [2.45, 2.75) is 38.8 Å². The van der Waals surface area contributed by atoms with Crippen LogP contribution in [0.25, 0.3) is 16.6 Å². The monoisotopic (exact) mass is 445 g/mol. The lowest BCUT2D eigenvalue weighted by Crippen LogP contribution is -2.30. The van der Waals surface area contributed by atoms with Crippen molar-refractivity contribution < 1.29 is 9.13 Å². The molecule has 8 nitrogen and oxygen atoms in total. The quantitative estimate of drug-likeness (QED) is 0.500. The van der Waals surface area contributed by atoms with Crippen molar-refractivity contribution in [2.75, 3.05) is 13.1 Å². The smallest absolute Gasteiger partial charge is 0.148 e. The first kappa shape index (κ1) is 21.1. The van der Waals surface area contributed by atoms with Crippen molar-refractivity contribution >= 4 is 5.52 Å². The van der Waals surface area contributed by atoms with E-state index in [1.54, 1.807) is 11.4 Å². The Hall–Kier alpha value is -3.77. The second-order valence-electron chi connectivity index (χ2n) is 8.26. The standard InChI is InChI=1S/C24H24FN7O/c1-15-20(13-30-32(15)19-5-8-27-9-6-19)17-10-22(24-18(11-26)12-29-31(24)14-17)33-16(2)23-21(25)4-3-7-28-23/h3-4,7,10,12-14,16,19,27H,5-6,8-9H2,1-2H3/t16-/m1/s1. The Bertz CT molecular complexity index is 1350. The summed E-state index contributed by atoms with van der Waals surface area (Å²) in [5, 5.41) is 22.0. The molecule has 4 aromatic heterocycles. The van der Waals surface area contributed by atoms with E-state index in [0.717, 1.165) is 42.8 Å².